The van der Waals surface area contributed by atoms with Gasteiger partial charge in [-0.25, -0.2) is 13.1 Å². The third kappa shape index (κ3) is 2.73. The van der Waals surface area contributed by atoms with Gasteiger partial charge in [0.15, 0.2) is 5.03 Å². The molecule has 1 aromatic rings. The highest BCUT2D eigenvalue weighted by molar-refractivity contribution is 7.89. The molecule has 2 rings (SSSR count). The largest absolute Gasteiger partial charge is 0.315 e. The minimum Gasteiger partial charge on any atom is -0.315 e. The fourth-order valence-electron chi connectivity index (χ4n) is 2.19. The first kappa shape index (κ1) is 13.5. The Hall–Kier alpha value is -0.920. The maximum Gasteiger partial charge on any atom is 0.258 e. The zero-order valence-corrected chi connectivity index (χ0v) is 11.6. The molecule has 1 aromatic heterocycles. The number of nitrogens with one attached hydrogen (secondary N) is 2. The Morgan fingerprint density at radius 2 is 2.39 bits per heavy atom. The maximum absolute atomic E-state index is 12.3. The summed E-state index contributed by atoms with van der Waals surface area (Å²) in [6.45, 7) is 6.12. The van der Waals surface area contributed by atoms with Gasteiger partial charge in [-0.3, -0.25) is 4.68 Å². The van der Waals surface area contributed by atoms with Gasteiger partial charge in [0.2, 0.25) is 0 Å². The molecule has 1 fully saturated rings. The van der Waals surface area contributed by atoms with E-state index >= 15 is 0 Å². The molecule has 0 saturated carbocycles. The Bertz CT molecular complexity index is 497. The van der Waals surface area contributed by atoms with Gasteiger partial charge in [-0.15, -0.1) is 0 Å². The summed E-state index contributed by atoms with van der Waals surface area (Å²) in [6, 6.07) is 1.48. The molecule has 0 radical (unpaired) electrons. The van der Waals surface area contributed by atoms with Gasteiger partial charge >= 0.3 is 0 Å². The summed E-state index contributed by atoms with van der Waals surface area (Å²) in [5.41, 5.74) is 0. The second-order valence-electron chi connectivity index (χ2n) is 4.68. The van der Waals surface area contributed by atoms with Crippen molar-refractivity contribution in [1.29, 1.82) is 0 Å². The lowest BCUT2D eigenvalue weighted by Gasteiger charge is -2.29. The van der Waals surface area contributed by atoms with Crippen LogP contribution in [0.4, 0.5) is 0 Å². The third-order valence-corrected chi connectivity index (χ3v) is 4.90. The fraction of sp³-hybridized carbons (Fsp3) is 0.727. The lowest BCUT2D eigenvalue weighted by molar-refractivity contribution is 0.326. The van der Waals surface area contributed by atoms with Crippen molar-refractivity contribution < 1.29 is 8.42 Å². The van der Waals surface area contributed by atoms with E-state index in [4.69, 9.17) is 0 Å². The van der Waals surface area contributed by atoms with E-state index in [0.717, 1.165) is 13.0 Å². The van der Waals surface area contributed by atoms with Crippen molar-refractivity contribution in [2.75, 3.05) is 13.1 Å². The molecule has 102 valence electrons. The molecule has 2 heterocycles. The standard InChI is InChI=1S/C11H20N4O2S/c1-3-15-11(5-7-13-15)18(16,17)14-10-8-12-6-4-9(10)2/h5,7,9-10,12,14H,3-4,6,8H2,1-2H3. The van der Waals surface area contributed by atoms with Crippen LogP contribution < -0.4 is 10.0 Å². The third-order valence-electron chi connectivity index (χ3n) is 3.39. The van der Waals surface area contributed by atoms with Crippen molar-refractivity contribution in [3.05, 3.63) is 12.3 Å². The highest BCUT2D eigenvalue weighted by Crippen LogP contribution is 2.15. The number of aromatic nitrogens is 2. The Balaban J connectivity index is 2.16. The van der Waals surface area contributed by atoms with E-state index in [-0.39, 0.29) is 11.1 Å². The smallest absolute Gasteiger partial charge is 0.258 e. The molecule has 6 nitrogen and oxygen atoms in total. The first-order valence-electron chi connectivity index (χ1n) is 6.29. The highest BCUT2D eigenvalue weighted by Gasteiger charge is 2.28. The van der Waals surface area contributed by atoms with Gasteiger partial charge in [-0.2, -0.15) is 5.10 Å². The minimum absolute atomic E-state index is 0.0519. The molecule has 2 N–H and O–H groups in total. The Labute approximate surface area is 108 Å². The molecule has 1 aliphatic heterocycles. The molecule has 0 aromatic carbocycles. The number of nitrogens with zero attached hydrogens (tertiary/aromatic N) is 2. The van der Waals surface area contributed by atoms with E-state index in [9.17, 15) is 8.42 Å². The summed E-state index contributed by atoms with van der Waals surface area (Å²) in [5, 5.41) is 7.45. The lowest BCUT2D eigenvalue weighted by atomic mass is 9.96. The zero-order chi connectivity index (χ0) is 13.2. The summed E-state index contributed by atoms with van der Waals surface area (Å²) >= 11 is 0. The monoisotopic (exact) mass is 272 g/mol. The van der Waals surface area contributed by atoms with Crippen molar-refractivity contribution in [2.45, 2.75) is 37.9 Å². The predicted octanol–water partition coefficient (Wildman–Crippen LogP) is 0.179. The van der Waals surface area contributed by atoms with Gasteiger partial charge in [0.05, 0.1) is 6.20 Å². The first-order chi connectivity index (χ1) is 8.54. The average molecular weight is 272 g/mol. The molecule has 2 unspecified atom stereocenters. The normalized spacial score (nSPS) is 25.2. The zero-order valence-electron chi connectivity index (χ0n) is 10.8. The van der Waals surface area contributed by atoms with Crippen LogP contribution in [0.3, 0.4) is 0 Å². The first-order valence-corrected chi connectivity index (χ1v) is 7.77. The quantitative estimate of drug-likeness (QED) is 0.820. The van der Waals surface area contributed by atoms with Crippen molar-refractivity contribution in [3.63, 3.8) is 0 Å². The van der Waals surface area contributed by atoms with Crippen molar-refractivity contribution in [1.82, 2.24) is 19.8 Å². The van der Waals surface area contributed by atoms with Crippen LogP contribution in [0.1, 0.15) is 20.3 Å². The van der Waals surface area contributed by atoms with Gasteiger partial charge in [-0.1, -0.05) is 6.92 Å². The summed E-state index contributed by atoms with van der Waals surface area (Å²) in [4.78, 5) is 0. The Morgan fingerprint density at radius 1 is 1.61 bits per heavy atom. The van der Waals surface area contributed by atoms with E-state index in [2.05, 4.69) is 22.1 Å². The topological polar surface area (TPSA) is 76.0 Å². The van der Waals surface area contributed by atoms with Crippen LogP contribution in [0.25, 0.3) is 0 Å². The predicted molar refractivity (Wildman–Crippen MR) is 68.7 cm³/mol. The van der Waals surface area contributed by atoms with E-state index < -0.39 is 10.0 Å². The van der Waals surface area contributed by atoms with E-state index in [1.54, 1.807) is 0 Å². The van der Waals surface area contributed by atoms with Gasteiger partial charge < -0.3 is 5.32 Å². The summed E-state index contributed by atoms with van der Waals surface area (Å²) in [7, 11) is -3.48. The number of hydrogen-bond acceptors (Lipinski definition) is 4. The Kier molecular flexibility index (Phi) is 4.04. The average Bonchev–Trinajstić information content (AvgIpc) is 2.81. The molecular weight excluding hydrogens is 252 g/mol. The lowest BCUT2D eigenvalue weighted by Crippen LogP contribution is -2.50. The Morgan fingerprint density at radius 3 is 3.06 bits per heavy atom. The second kappa shape index (κ2) is 5.38. The molecule has 18 heavy (non-hydrogen) atoms. The summed E-state index contributed by atoms with van der Waals surface area (Å²) in [6.07, 6.45) is 2.50. The molecule has 7 heteroatoms. The van der Waals surface area contributed by atoms with Crippen molar-refractivity contribution >= 4 is 10.0 Å². The van der Waals surface area contributed by atoms with E-state index in [0.29, 0.717) is 19.0 Å². The second-order valence-corrected chi connectivity index (χ2v) is 6.34. The molecule has 0 bridgehead atoms. The molecule has 2 atom stereocenters. The number of sulfonamides is 1. The molecule has 1 saturated heterocycles. The van der Waals surface area contributed by atoms with Crippen LogP contribution in [0.2, 0.25) is 0 Å². The molecule has 0 spiro atoms. The number of aryl methyl sites for hydroxylation is 1. The van der Waals surface area contributed by atoms with Crippen molar-refractivity contribution in [2.24, 2.45) is 5.92 Å². The SMILES string of the molecule is CCn1nccc1S(=O)(=O)NC1CNCCC1C. The van der Waals surface area contributed by atoms with E-state index in [1.807, 2.05) is 6.92 Å². The molecule has 0 amide bonds. The number of hydrogen-bond donors (Lipinski definition) is 2. The van der Waals surface area contributed by atoms with E-state index in [1.165, 1.54) is 16.9 Å². The van der Waals surface area contributed by atoms with Crippen LogP contribution in [0, 0.1) is 5.92 Å². The molecule has 0 aliphatic carbocycles. The maximum atomic E-state index is 12.3. The van der Waals surface area contributed by atoms with Gasteiger partial charge in [-0.05, 0) is 31.9 Å². The minimum atomic E-state index is -3.48. The van der Waals surface area contributed by atoms with Gasteiger partial charge in [0.25, 0.3) is 10.0 Å². The van der Waals surface area contributed by atoms with Gasteiger partial charge in [0, 0.05) is 19.1 Å². The van der Waals surface area contributed by atoms with Crippen LogP contribution in [-0.2, 0) is 16.6 Å². The number of rotatable bonds is 4. The number of piperidine rings is 1. The molecular formula is C11H20N4O2S. The summed E-state index contributed by atoms with van der Waals surface area (Å²) < 4.78 is 28.8. The fourth-order valence-corrected chi connectivity index (χ4v) is 3.72. The van der Waals surface area contributed by atoms with Crippen LogP contribution in [0.5, 0.6) is 0 Å². The molecule has 1 aliphatic rings. The van der Waals surface area contributed by atoms with Gasteiger partial charge in [0.1, 0.15) is 0 Å². The van der Waals surface area contributed by atoms with Crippen LogP contribution >= 0.6 is 0 Å². The van der Waals surface area contributed by atoms with Crippen LogP contribution in [-0.4, -0.2) is 37.3 Å². The highest BCUT2D eigenvalue weighted by atomic mass is 32.2. The van der Waals surface area contributed by atoms with Crippen molar-refractivity contribution in [3.8, 4) is 0 Å². The summed E-state index contributed by atoms with van der Waals surface area (Å²) in [5.74, 6) is 0.346. The van der Waals surface area contributed by atoms with Crippen LogP contribution in [0.15, 0.2) is 17.3 Å².